The number of halogens is 3. The third-order valence-electron chi connectivity index (χ3n) is 7.73. The maximum Gasteiger partial charge on any atom is 0.416 e. The van der Waals surface area contributed by atoms with E-state index in [-0.39, 0.29) is 11.9 Å². The summed E-state index contributed by atoms with van der Waals surface area (Å²) in [6.45, 7) is 5.81. The van der Waals surface area contributed by atoms with Gasteiger partial charge in [0.05, 0.1) is 18.3 Å². The van der Waals surface area contributed by atoms with Gasteiger partial charge in [-0.05, 0) is 73.7 Å². The highest BCUT2D eigenvalue weighted by Crippen LogP contribution is 2.52. The monoisotopic (exact) mass is 514 g/mol. The number of ether oxygens (including phenoxy) is 1. The van der Waals surface area contributed by atoms with Crippen molar-refractivity contribution in [3.63, 3.8) is 0 Å². The molecule has 1 saturated heterocycles. The van der Waals surface area contributed by atoms with Crippen LogP contribution in [0.4, 0.5) is 13.2 Å². The summed E-state index contributed by atoms with van der Waals surface area (Å²) in [5.41, 5.74) is -1.06. The van der Waals surface area contributed by atoms with Crippen molar-refractivity contribution in [2.75, 3.05) is 26.7 Å². The highest BCUT2D eigenvalue weighted by Gasteiger charge is 2.57. The normalized spacial score (nSPS) is 26.5. The van der Waals surface area contributed by atoms with Gasteiger partial charge < -0.3 is 15.2 Å². The maximum absolute atomic E-state index is 13.0. The zero-order valence-corrected chi connectivity index (χ0v) is 20.9. The molecule has 37 heavy (non-hydrogen) atoms. The van der Waals surface area contributed by atoms with E-state index in [0.29, 0.717) is 50.1 Å². The second-order valence-electron chi connectivity index (χ2n) is 10.0. The fourth-order valence-electron chi connectivity index (χ4n) is 5.88. The van der Waals surface area contributed by atoms with Gasteiger partial charge in [0.2, 0.25) is 5.91 Å². The molecule has 1 saturated carbocycles. The number of rotatable bonds is 7. The van der Waals surface area contributed by atoms with E-state index >= 15 is 0 Å². The number of benzene rings is 2. The van der Waals surface area contributed by atoms with Gasteiger partial charge in [-0.2, -0.15) is 13.2 Å². The van der Waals surface area contributed by atoms with E-state index < -0.39 is 22.8 Å². The average Bonchev–Trinajstić information content (AvgIpc) is 2.87. The highest BCUT2D eigenvalue weighted by molar-refractivity contribution is 5.92. The molecule has 2 aliphatic rings. The number of methoxy groups -OCH3 is 1. The Bertz CT molecular complexity index is 1170. The number of alkyl halides is 3. The highest BCUT2D eigenvalue weighted by atomic mass is 19.4. The molecule has 3 unspecified atom stereocenters. The number of likely N-dealkylation sites (tertiary alicyclic amines) is 1. The van der Waals surface area contributed by atoms with Crippen LogP contribution in [0.2, 0.25) is 0 Å². The molecule has 4 rings (SSSR count). The lowest BCUT2D eigenvalue weighted by Gasteiger charge is -2.58. The first-order valence-corrected chi connectivity index (χ1v) is 12.4. The van der Waals surface area contributed by atoms with Gasteiger partial charge >= 0.3 is 6.18 Å². The Balaban J connectivity index is 1.54. The summed E-state index contributed by atoms with van der Waals surface area (Å²) in [5, 5.41) is 15.0. The summed E-state index contributed by atoms with van der Waals surface area (Å²) in [6, 6.07) is 12.4. The first kappa shape index (κ1) is 26.9. The van der Waals surface area contributed by atoms with Gasteiger partial charge in [-0.1, -0.05) is 30.3 Å². The minimum atomic E-state index is -4.44. The Morgan fingerprint density at radius 3 is 2.76 bits per heavy atom. The SMILES string of the molecule is C=CCN1CCC2(c3cccc(OC)c3)CC(NC(=O)C=Cc3cccc(C(F)(F)F)c3)CCC2(O)C1. The van der Waals surface area contributed by atoms with E-state index in [9.17, 15) is 23.1 Å². The molecule has 3 atom stereocenters. The molecule has 1 aliphatic heterocycles. The molecule has 0 bridgehead atoms. The number of hydrogen-bond acceptors (Lipinski definition) is 4. The second-order valence-corrected chi connectivity index (χ2v) is 10.0. The number of nitrogens with zero attached hydrogens (tertiary/aromatic N) is 1. The van der Waals surface area contributed by atoms with E-state index in [1.807, 2.05) is 30.3 Å². The molecule has 198 valence electrons. The number of fused-ring (bicyclic) bond motifs is 1. The molecule has 1 aliphatic carbocycles. The average molecular weight is 515 g/mol. The fraction of sp³-hybridized carbons (Fsp3) is 0.414. The Labute approximate surface area is 215 Å². The number of carbonyl (C=O) groups is 1. The number of carbonyl (C=O) groups excluding carboxylic acids is 1. The standard InChI is InChI=1S/C29H33F3N2O3/c1-3-15-34-16-14-27(22-7-5-9-25(18-22)37-2)19-24(12-13-28(27,36)20-34)33-26(35)11-10-21-6-4-8-23(17-21)29(30,31)32/h3-11,17-18,24,36H,1,12-16,19-20H2,2H3,(H,33,35). The Morgan fingerprint density at radius 2 is 2.03 bits per heavy atom. The van der Waals surface area contributed by atoms with Crippen molar-refractivity contribution in [1.82, 2.24) is 10.2 Å². The van der Waals surface area contributed by atoms with Crippen LogP contribution in [0.1, 0.15) is 42.4 Å². The number of hydrogen-bond donors (Lipinski definition) is 2. The molecule has 2 N–H and O–H groups in total. The van der Waals surface area contributed by atoms with Crippen LogP contribution in [0.25, 0.3) is 6.08 Å². The molecule has 1 amide bonds. The smallest absolute Gasteiger partial charge is 0.416 e. The third-order valence-corrected chi connectivity index (χ3v) is 7.73. The van der Waals surface area contributed by atoms with Gasteiger partial charge in [0.1, 0.15) is 5.75 Å². The Kier molecular flexibility index (Phi) is 7.80. The third kappa shape index (κ3) is 5.75. The molecule has 0 aromatic heterocycles. The van der Waals surface area contributed by atoms with Crippen LogP contribution >= 0.6 is 0 Å². The van der Waals surface area contributed by atoms with Crippen LogP contribution < -0.4 is 10.1 Å². The topological polar surface area (TPSA) is 61.8 Å². The van der Waals surface area contributed by atoms with Crippen molar-refractivity contribution in [3.8, 4) is 5.75 Å². The van der Waals surface area contributed by atoms with E-state index in [4.69, 9.17) is 4.74 Å². The van der Waals surface area contributed by atoms with Crippen LogP contribution in [0.3, 0.4) is 0 Å². The zero-order valence-electron chi connectivity index (χ0n) is 20.9. The predicted molar refractivity (Wildman–Crippen MR) is 137 cm³/mol. The zero-order chi connectivity index (χ0) is 26.7. The minimum Gasteiger partial charge on any atom is -0.497 e. The molecule has 0 spiro atoms. The molecule has 0 radical (unpaired) electrons. The van der Waals surface area contributed by atoms with E-state index in [0.717, 1.165) is 24.2 Å². The lowest BCUT2D eigenvalue weighted by Crippen LogP contribution is -2.67. The Hall–Kier alpha value is -3.10. The number of amides is 1. The van der Waals surface area contributed by atoms with Gasteiger partial charge in [-0.25, -0.2) is 0 Å². The molecular weight excluding hydrogens is 481 g/mol. The van der Waals surface area contributed by atoms with E-state index in [2.05, 4.69) is 16.8 Å². The Morgan fingerprint density at radius 1 is 1.24 bits per heavy atom. The van der Waals surface area contributed by atoms with Crippen molar-refractivity contribution >= 4 is 12.0 Å². The van der Waals surface area contributed by atoms with Crippen LogP contribution in [0.15, 0.2) is 67.3 Å². The first-order chi connectivity index (χ1) is 17.6. The van der Waals surface area contributed by atoms with Crippen molar-refractivity contribution in [2.24, 2.45) is 0 Å². The van der Waals surface area contributed by atoms with Gasteiger partial charge in [0, 0.05) is 30.6 Å². The summed E-state index contributed by atoms with van der Waals surface area (Å²) in [5.74, 6) is 0.329. The lowest BCUT2D eigenvalue weighted by atomic mass is 9.55. The van der Waals surface area contributed by atoms with Crippen LogP contribution in [0.5, 0.6) is 5.75 Å². The molecule has 8 heteroatoms. The quantitative estimate of drug-likeness (QED) is 0.405. The number of aliphatic hydroxyl groups is 1. The molecule has 2 fully saturated rings. The molecular formula is C29H33F3N2O3. The maximum atomic E-state index is 13.0. The lowest BCUT2D eigenvalue weighted by molar-refractivity contribution is -0.137. The summed E-state index contributed by atoms with van der Waals surface area (Å²) >= 11 is 0. The molecule has 2 aromatic carbocycles. The van der Waals surface area contributed by atoms with Gasteiger partial charge in [0.15, 0.2) is 0 Å². The predicted octanol–water partition coefficient (Wildman–Crippen LogP) is 4.96. The summed E-state index contributed by atoms with van der Waals surface area (Å²) in [7, 11) is 1.61. The molecule has 5 nitrogen and oxygen atoms in total. The van der Waals surface area contributed by atoms with Crippen LogP contribution in [-0.4, -0.2) is 54.3 Å². The summed E-state index contributed by atoms with van der Waals surface area (Å²) in [6.07, 6.45) is 2.38. The van der Waals surface area contributed by atoms with Crippen molar-refractivity contribution in [3.05, 3.63) is 84.0 Å². The van der Waals surface area contributed by atoms with Crippen LogP contribution in [0, 0.1) is 0 Å². The minimum absolute atomic E-state index is 0.198. The van der Waals surface area contributed by atoms with E-state index in [1.54, 1.807) is 7.11 Å². The molecule has 2 aromatic rings. The van der Waals surface area contributed by atoms with Gasteiger partial charge in [-0.15, -0.1) is 6.58 Å². The first-order valence-electron chi connectivity index (χ1n) is 12.4. The van der Waals surface area contributed by atoms with Crippen molar-refractivity contribution < 1.29 is 27.8 Å². The van der Waals surface area contributed by atoms with Gasteiger partial charge in [-0.3, -0.25) is 9.69 Å². The van der Waals surface area contributed by atoms with Crippen LogP contribution in [-0.2, 0) is 16.4 Å². The number of β-amino-alcohol motifs (C(OH)–C–C–N with tert-alkyl or cyclic N) is 1. The largest absolute Gasteiger partial charge is 0.497 e. The summed E-state index contributed by atoms with van der Waals surface area (Å²) in [4.78, 5) is 15.0. The van der Waals surface area contributed by atoms with Crippen molar-refractivity contribution in [2.45, 2.75) is 48.9 Å². The van der Waals surface area contributed by atoms with Crippen molar-refractivity contribution in [1.29, 1.82) is 0 Å². The fourth-order valence-corrected chi connectivity index (χ4v) is 5.88. The second kappa shape index (κ2) is 10.7. The molecule has 1 heterocycles. The summed E-state index contributed by atoms with van der Waals surface area (Å²) < 4.78 is 44.4. The van der Waals surface area contributed by atoms with E-state index in [1.165, 1.54) is 24.3 Å². The number of piperidine rings is 1. The van der Waals surface area contributed by atoms with Gasteiger partial charge in [0.25, 0.3) is 0 Å². The number of nitrogens with one attached hydrogen (secondary N) is 1.